The minimum Gasteiger partial charge on any atom is -0.497 e. The third-order valence-electron chi connectivity index (χ3n) is 7.55. The van der Waals surface area contributed by atoms with Gasteiger partial charge < -0.3 is 4.74 Å². The van der Waals surface area contributed by atoms with Crippen molar-refractivity contribution in [3.05, 3.63) is 135 Å². The van der Waals surface area contributed by atoms with Gasteiger partial charge in [0.1, 0.15) is 11.0 Å². The summed E-state index contributed by atoms with van der Waals surface area (Å²) in [6, 6.07) is 29.8. The molecule has 4 aromatic carbocycles. The molecule has 4 rings (SSSR count). The molecule has 224 valence electrons. The zero-order chi connectivity index (χ0) is 32.0. The van der Waals surface area contributed by atoms with E-state index < -0.39 is 30.8 Å². The van der Waals surface area contributed by atoms with Crippen molar-refractivity contribution in [1.82, 2.24) is 0 Å². The first-order chi connectivity index (χ1) is 20.8. The number of nitrogens with zero attached hydrogens (tertiary/aromatic N) is 1. The summed E-state index contributed by atoms with van der Waals surface area (Å²) in [4.78, 5) is 10.8. The zero-order valence-corrected chi connectivity index (χ0v) is 26.3. The van der Waals surface area contributed by atoms with Crippen molar-refractivity contribution in [1.29, 1.82) is 0 Å². The predicted octanol–water partition coefficient (Wildman–Crippen LogP) is 7.82. The van der Waals surface area contributed by atoms with Crippen LogP contribution in [0.3, 0.4) is 0 Å². The van der Waals surface area contributed by atoms with Gasteiger partial charge in [-0.2, -0.15) is 0 Å². The average molecular weight is 606 g/mol. The first-order valence-electron chi connectivity index (χ1n) is 14.1. The van der Waals surface area contributed by atoms with Gasteiger partial charge in [-0.15, -0.1) is 0 Å². The molecule has 0 aliphatic heterocycles. The molecular weight excluding hydrogens is 570 g/mol. The van der Waals surface area contributed by atoms with Crippen LogP contribution < -0.4 is 4.74 Å². The highest BCUT2D eigenvalue weighted by Gasteiger charge is 2.28. The van der Waals surface area contributed by atoms with Gasteiger partial charge in [0, 0.05) is 24.1 Å². The van der Waals surface area contributed by atoms with Crippen LogP contribution in [0.15, 0.2) is 108 Å². The summed E-state index contributed by atoms with van der Waals surface area (Å²) >= 11 is 0. The molecule has 0 spiro atoms. The van der Waals surface area contributed by atoms with E-state index in [9.17, 15) is 18.5 Å². The molecule has 0 saturated carbocycles. The van der Waals surface area contributed by atoms with Gasteiger partial charge in [-0.05, 0) is 80.8 Å². The fourth-order valence-corrected chi connectivity index (χ4v) is 6.36. The average Bonchev–Trinajstić information content (AvgIpc) is 3.03. The zero-order valence-electron chi connectivity index (χ0n) is 25.5. The van der Waals surface area contributed by atoms with Crippen LogP contribution in [0, 0.1) is 33.8 Å². The van der Waals surface area contributed by atoms with Crippen LogP contribution in [-0.2, 0) is 20.7 Å². The van der Waals surface area contributed by atoms with Crippen LogP contribution in [0.4, 0.5) is 5.69 Å². The Morgan fingerprint density at radius 2 is 1.30 bits per heavy atom. The van der Waals surface area contributed by atoms with Crippen molar-refractivity contribution in [3.63, 3.8) is 0 Å². The number of hydrogen-bond donors (Lipinski definition) is 0. The summed E-state index contributed by atoms with van der Waals surface area (Å²) in [6.45, 7) is 8.07. The van der Waals surface area contributed by atoms with Gasteiger partial charge in [-0.25, -0.2) is 8.42 Å². The maximum Gasteiger partial charge on any atom is 0.269 e. The van der Waals surface area contributed by atoms with Crippen molar-refractivity contribution in [3.8, 4) is 29.4 Å². The Morgan fingerprint density at radius 1 is 0.773 bits per heavy atom. The minimum absolute atomic E-state index is 0.0510. The number of sulfone groups is 1. The lowest BCUT2D eigenvalue weighted by Gasteiger charge is -2.22. The number of ether oxygens (including phenoxy) is 1. The van der Waals surface area contributed by atoms with Crippen LogP contribution >= 0.6 is 0 Å². The third-order valence-corrected chi connectivity index (χ3v) is 9.67. The Hall–Kier alpha value is -4.85. The van der Waals surface area contributed by atoms with Crippen LogP contribution in [0.25, 0.3) is 0 Å². The van der Waals surface area contributed by atoms with E-state index in [1.165, 1.54) is 12.1 Å². The molecule has 0 aliphatic carbocycles. The summed E-state index contributed by atoms with van der Waals surface area (Å²) in [5.74, 6) is 13.6. The molecule has 0 aliphatic rings. The van der Waals surface area contributed by atoms with Crippen molar-refractivity contribution >= 4 is 15.5 Å². The lowest BCUT2D eigenvalue weighted by Crippen LogP contribution is -2.19. The van der Waals surface area contributed by atoms with Gasteiger partial charge in [0.2, 0.25) is 0 Å². The van der Waals surface area contributed by atoms with E-state index in [2.05, 4.69) is 23.7 Å². The summed E-state index contributed by atoms with van der Waals surface area (Å²) in [5, 5.41) is 10.2. The summed E-state index contributed by atoms with van der Waals surface area (Å²) in [7, 11) is -2.12. The van der Waals surface area contributed by atoms with E-state index in [-0.39, 0.29) is 17.0 Å². The maximum absolute atomic E-state index is 13.6. The van der Waals surface area contributed by atoms with Gasteiger partial charge >= 0.3 is 0 Å². The number of non-ortho nitro benzene ring substituents is 1. The largest absolute Gasteiger partial charge is 0.497 e. The number of nitro benzene ring substituents is 1. The second-order valence-corrected chi connectivity index (χ2v) is 13.6. The molecule has 0 bridgehead atoms. The third kappa shape index (κ3) is 7.56. The van der Waals surface area contributed by atoms with E-state index >= 15 is 0 Å². The normalized spacial score (nSPS) is 12.2. The number of hydrogen-bond acceptors (Lipinski definition) is 5. The molecule has 1 unspecified atom stereocenters. The van der Waals surface area contributed by atoms with Gasteiger partial charge in [-0.3, -0.25) is 10.1 Å². The Kier molecular flexibility index (Phi) is 9.62. The fourth-order valence-electron chi connectivity index (χ4n) is 4.67. The van der Waals surface area contributed by atoms with Crippen LogP contribution in [0.2, 0.25) is 0 Å². The first kappa shape index (κ1) is 32.1. The molecule has 0 heterocycles. The molecular formula is C37H35NO5S. The van der Waals surface area contributed by atoms with E-state index in [4.69, 9.17) is 4.74 Å². The molecule has 44 heavy (non-hydrogen) atoms. The number of nitro groups is 1. The monoisotopic (exact) mass is 605 g/mol. The molecule has 1 atom stereocenters. The summed E-state index contributed by atoms with van der Waals surface area (Å²) < 4.78 is 32.5. The Morgan fingerprint density at radius 3 is 1.80 bits per heavy atom. The molecule has 0 fully saturated rings. The van der Waals surface area contributed by atoms with Crippen molar-refractivity contribution < 1.29 is 18.1 Å². The van der Waals surface area contributed by atoms with Crippen LogP contribution in [-0.4, -0.2) is 20.5 Å². The quantitative estimate of drug-likeness (QED) is 0.116. The highest BCUT2D eigenvalue weighted by atomic mass is 32.2. The highest BCUT2D eigenvalue weighted by molar-refractivity contribution is 7.91. The van der Waals surface area contributed by atoms with Crippen molar-refractivity contribution in [2.45, 2.75) is 55.1 Å². The molecule has 0 saturated heterocycles. The van der Waals surface area contributed by atoms with E-state index in [1.54, 1.807) is 73.8 Å². The number of benzene rings is 4. The molecule has 4 aromatic rings. The molecule has 0 radical (unpaired) electrons. The second-order valence-electron chi connectivity index (χ2n) is 11.5. The Bertz CT molecular complexity index is 1840. The van der Waals surface area contributed by atoms with Gasteiger partial charge in [0.25, 0.3) is 5.69 Å². The fraction of sp³-hybridized carbons (Fsp3) is 0.243. The summed E-state index contributed by atoms with van der Waals surface area (Å²) in [6.07, 6.45) is 0.125. The number of rotatable bonds is 8. The minimum atomic E-state index is -3.69. The van der Waals surface area contributed by atoms with Crippen LogP contribution in [0.5, 0.6) is 5.75 Å². The van der Waals surface area contributed by atoms with Gasteiger partial charge in [-0.1, -0.05) is 78.3 Å². The van der Waals surface area contributed by atoms with Crippen molar-refractivity contribution in [2.75, 3.05) is 7.11 Å². The topological polar surface area (TPSA) is 86.5 Å². The summed E-state index contributed by atoms with van der Waals surface area (Å²) in [5.41, 5.74) is 2.42. The van der Waals surface area contributed by atoms with Gasteiger partial charge in [0.05, 0.1) is 27.8 Å². The molecule has 0 aromatic heterocycles. The van der Waals surface area contributed by atoms with Crippen LogP contribution in [0.1, 0.15) is 61.6 Å². The van der Waals surface area contributed by atoms with E-state index in [1.807, 2.05) is 52.0 Å². The lowest BCUT2D eigenvalue weighted by atomic mass is 9.80. The Labute approximate surface area is 260 Å². The van der Waals surface area contributed by atoms with Gasteiger partial charge in [0.15, 0.2) is 9.84 Å². The first-order valence-corrected chi connectivity index (χ1v) is 15.7. The SMILES string of the molecule is COc1ccc(C(CC#Cc2ccc(C(C)(C)C#CC(C)(C)c3ccc([N+](=O)[O-])cc3)cc2)S(=O)(=O)c2ccccc2)cc1. The molecule has 6 nitrogen and oxygen atoms in total. The second kappa shape index (κ2) is 13.2. The lowest BCUT2D eigenvalue weighted by molar-refractivity contribution is -0.384. The molecule has 0 N–H and O–H groups in total. The Balaban J connectivity index is 1.53. The molecule has 7 heteroatoms. The predicted molar refractivity (Wildman–Crippen MR) is 174 cm³/mol. The van der Waals surface area contributed by atoms with E-state index in [0.717, 1.165) is 16.7 Å². The maximum atomic E-state index is 13.6. The molecule has 0 amide bonds. The highest BCUT2D eigenvalue weighted by Crippen LogP contribution is 2.33. The van der Waals surface area contributed by atoms with E-state index in [0.29, 0.717) is 11.3 Å². The van der Waals surface area contributed by atoms with Crippen molar-refractivity contribution in [2.24, 2.45) is 0 Å². The standard InChI is InChI=1S/C37H35NO5S/c1-36(2,26-27-37(3,4)31-20-22-32(23-21-31)38(39)40)30-18-14-28(15-19-30)10-9-13-35(29-16-24-33(43-5)25-17-29)44(41,42)34-11-7-6-8-12-34/h6-8,11-12,14-25,35H,13H2,1-5H3. The smallest absolute Gasteiger partial charge is 0.269 e. The number of methoxy groups -OCH3 is 1.